The van der Waals surface area contributed by atoms with E-state index in [4.69, 9.17) is 0 Å². The second-order valence-corrected chi connectivity index (χ2v) is 12.2. The predicted molar refractivity (Wildman–Crippen MR) is 140 cm³/mol. The van der Waals surface area contributed by atoms with E-state index >= 15 is 0 Å². The van der Waals surface area contributed by atoms with Gasteiger partial charge in [0.15, 0.2) is 0 Å². The van der Waals surface area contributed by atoms with Crippen molar-refractivity contribution in [2.24, 2.45) is 17.3 Å². The van der Waals surface area contributed by atoms with Crippen LogP contribution >= 0.6 is 0 Å². The van der Waals surface area contributed by atoms with E-state index in [1.54, 1.807) is 5.57 Å². The topological polar surface area (TPSA) is 45.2 Å². The van der Waals surface area contributed by atoms with Crippen molar-refractivity contribution >= 4 is 10.8 Å². The number of rotatable bonds is 3. The molecule has 0 spiro atoms. The second-order valence-electron chi connectivity index (χ2n) is 12.2. The highest BCUT2D eigenvalue weighted by Crippen LogP contribution is 2.64. The number of aromatic nitrogens is 1. The fraction of sp³-hybridized carbons (Fsp3) is 0.581. The number of nitrogens with zero attached hydrogens (tertiary/aromatic N) is 1. The molecule has 1 heterocycles. The quantitative estimate of drug-likeness (QED) is 0.541. The van der Waals surface area contributed by atoms with Crippen LogP contribution in [0.1, 0.15) is 83.6 Å². The summed E-state index contributed by atoms with van der Waals surface area (Å²) >= 11 is 0. The van der Waals surface area contributed by atoms with Gasteiger partial charge in [-0.3, -0.25) is 4.98 Å². The highest BCUT2D eigenvalue weighted by atomic mass is 16.3. The zero-order valence-electron chi connectivity index (χ0n) is 21.1. The first-order chi connectivity index (χ1) is 16.4. The molecule has 0 aliphatic heterocycles. The van der Waals surface area contributed by atoms with E-state index in [1.165, 1.54) is 41.2 Å². The molecule has 3 nitrogen and oxygen atoms in total. The van der Waals surface area contributed by atoms with Gasteiger partial charge in [0.25, 0.3) is 0 Å². The molecule has 180 valence electrons. The van der Waals surface area contributed by atoms with Gasteiger partial charge in [0.2, 0.25) is 0 Å². The number of allylic oxidation sites excluding steroid dienone is 2. The molecule has 2 fully saturated rings. The molecule has 2 aromatic rings. The summed E-state index contributed by atoms with van der Waals surface area (Å²) in [5.74, 6) is 1.44. The first-order valence-electron chi connectivity index (χ1n) is 13.6. The van der Waals surface area contributed by atoms with Crippen molar-refractivity contribution in [3.8, 4) is 0 Å². The van der Waals surface area contributed by atoms with Gasteiger partial charge in [-0.15, -0.1) is 0 Å². The van der Waals surface area contributed by atoms with Crippen molar-refractivity contribution in [3.63, 3.8) is 0 Å². The van der Waals surface area contributed by atoms with Gasteiger partial charge in [0.05, 0.1) is 5.60 Å². The lowest BCUT2D eigenvalue weighted by atomic mass is 9.58. The molecule has 0 bridgehead atoms. The monoisotopic (exact) mass is 456 g/mol. The van der Waals surface area contributed by atoms with E-state index in [-0.39, 0.29) is 5.41 Å². The molecule has 2 saturated carbocycles. The van der Waals surface area contributed by atoms with E-state index in [0.29, 0.717) is 29.8 Å². The minimum absolute atomic E-state index is 0.101. The Hall–Kier alpha value is -1.97. The van der Waals surface area contributed by atoms with Crippen molar-refractivity contribution in [2.45, 2.75) is 95.7 Å². The Morgan fingerprint density at radius 1 is 1.09 bits per heavy atom. The highest BCUT2D eigenvalue weighted by Gasteiger charge is 2.58. The van der Waals surface area contributed by atoms with Crippen molar-refractivity contribution in [3.05, 3.63) is 65.5 Å². The Labute approximate surface area is 204 Å². The number of aliphatic hydroxyl groups is 1. The van der Waals surface area contributed by atoms with Crippen LogP contribution in [-0.2, 0) is 0 Å². The molecule has 4 aliphatic carbocycles. The van der Waals surface area contributed by atoms with Gasteiger partial charge in [0, 0.05) is 29.9 Å². The minimum atomic E-state index is -0.675. The van der Waals surface area contributed by atoms with Gasteiger partial charge < -0.3 is 10.4 Å². The first-order valence-corrected chi connectivity index (χ1v) is 13.6. The number of benzene rings is 1. The fourth-order valence-electron chi connectivity index (χ4n) is 8.25. The summed E-state index contributed by atoms with van der Waals surface area (Å²) in [6.07, 6.45) is 17.7. The van der Waals surface area contributed by atoms with E-state index in [0.717, 1.165) is 32.1 Å². The Bertz CT molecular complexity index is 1150. The standard InChI is InChI=1S/C31H40N2O/c1-20(2)33-27-7-6-22-17-26-11-13-30(3)28(24-5-4-21-12-15-32-19-25(21)16-24)8-9-29(30)31(26,34)14-10-23(22)18-27/h4-5,11-12,15-17,19-20,23,27-29,33-34H,6-10,13-14,18H2,1-3H3/t23?,27?,28?,29?,30?,31-/m1/s1. The summed E-state index contributed by atoms with van der Waals surface area (Å²) < 4.78 is 0. The lowest BCUT2D eigenvalue weighted by molar-refractivity contribution is -0.0473. The predicted octanol–water partition coefficient (Wildman–Crippen LogP) is 6.68. The molecule has 0 amide bonds. The number of fused-ring (bicyclic) bond motifs is 5. The Morgan fingerprint density at radius 3 is 2.82 bits per heavy atom. The van der Waals surface area contributed by atoms with Crippen LogP contribution in [0.3, 0.4) is 0 Å². The number of nitrogens with one attached hydrogen (secondary N) is 1. The molecule has 2 N–H and O–H groups in total. The molecule has 5 unspecified atom stereocenters. The van der Waals surface area contributed by atoms with Crippen molar-refractivity contribution in [1.29, 1.82) is 0 Å². The molecule has 3 heteroatoms. The third-order valence-corrected chi connectivity index (χ3v) is 9.90. The lowest BCUT2D eigenvalue weighted by Crippen LogP contribution is -2.49. The fourth-order valence-corrected chi connectivity index (χ4v) is 8.25. The molecule has 4 aliphatic rings. The van der Waals surface area contributed by atoms with Gasteiger partial charge in [0.1, 0.15) is 0 Å². The molecule has 0 radical (unpaired) electrons. The van der Waals surface area contributed by atoms with Crippen LogP contribution in [0, 0.1) is 17.3 Å². The van der Waals surface area contributed by atoms with Crippen LogP contribution < -0.4 is 5.32 Å². The molecular formula is C31H40N2O. The van der Waals surface area contributed by atoms with E-state index in [9.17, 15) is 5.11 Å². The summed E-state index contributed by atoms with van der Waals surface area (Å²) in [6, 6.07) is 10.2. The van der Waals surface area contributed by atoms with Gasteiger partial charge in [-0.2, -0.15) is 0 Å². The third kappa shape index (κ3) is 3.58. The maximum atomic E-state index is 12.4. The van der Waals surface area contributed by atoms with Gasteiger partial charge in [-0.05, 0) is 103 Å². The van der Waals surface area contributed by atoms with Gasteiger partial charge >= 0.3 is 0 Å². The largest absolute Gasteiger partial charge is 0.385 e. The zero-order chi connectivity index (χ0) is 23.5. The Morgan fingerprint density at radius 2 is 1.97 bits per heavy atom. The van der Waals surface area contributed by atoms with Gasteiger partial charge in [-0.25, -0.2) is 0 Å². The lowest BCUT2D eigenvalue weighted by Gasteiger charge is -2.49. The van der Waals surface area contributed by atoms with Crippen molar-refractivity contribution in [1.82, 2.24) is 10.3 Å². The summed E-state index contributed by atoms with van der Waals surface area (Å²) in [5, 5.41) is 18.6. The third-order valence-electron chi connectivity index (χ3n) is 9.90. The molecule has 6 atom stereocenters. The maximum Gasteiger partial charge on any atom is 0.0927 e. The van der Waals surface area contributed by atoms with Crippen LogP contribution in [0.2, 0.25) is 0 Å². The molecule has 6 rings (SSSR count). The van der Waals surface area contributed by atoms with E-state index in [1.807, 2.05) is 12.4 Å². The second kappa shape index (κ2) is 8.31. The maximum absolute atomic E-state index is 12.4. The van der Waals surface area contributed by atoms with Crippen molar-refractivity contribution in [2.75, 3.05) is 0 Å². The van der Waals surface area contributed by atoms with Crippen molar-refractivity contribution < 1.29 is 5.11 Å². The molecule has 0 saturated heterocycles. The number of pyridine rings is 1. The Balaban J connectivity index is 1.29. The Kier molecular flexibility index (Phi) is 5.50. The van der Waals surface area contributed by atoms with Crippen LogP contribution in [0.25, 0.3) is 10.8 Å². The first kappa shape index (κ1) is 22.5. The van der Waals surface area contributed by atoms with Crippen LogP contribution in [-0.4, -0.2) is 27.8 Å². The summed E-state index contributed by atoms with van der Waals surface area (Å²) in [5.41, 5.74) is 3.69. The van der Waals surface area contributed by atoms with E-state index < -0.39 is 5.60 Å². The van der Waals surface area contributed by atoms with E-state index in [2.05, 4.69) is 67.5 Å². The smallest absolute Gasteiger partial charge is 0.0927 e. The average Bonchev–Trinajstić information content (AvgIpc) is 3.11. The molecular weight excluding hydrogens is 416 g/mol. The normalized spacial score (nSPS) is 37.4. The minimum Gasteiger partial charge on any atom is -0.385 e. The molecule has 1 aromatic heterocycles. The summed E-state index contributed by atoms with van der Waals surface area (Å²) in [7, 11) is 0. The van der Waals surface area contributed by atoms with Crippen LogP contribution in [0.15, 0.2) is 60.0 Å². The van der Waals surface area contributed by atoms with Crippen LogP contribution in [0.4, 0.5) is 0 Å². The van der Waals surface area contributed by atoms with Gasteiger partial charge in [-0.1, -0.05) is 50.6 Å². The average molecular weight is 457 g/mol. The highest BCUT2D eigenvalue weighted by molar-refractivity contribution is 5.82. The van der Waals surface area contributed by atoms with Crippen LogP contribution in [0.5, 0.6) is 0 Å². The number of hydrogen-bond donors (Lipinski definition) is 2. The number of hydrogen-bond acceptors (Lipinski definition) is 3. The zero-order valence-corrected chi connectivity index (χ0v) is 21.1. The SMILES string of the molecule is CC(C)NC1CCC2=CC3=CCC4(C)C(c5ccc6ccncc6c5)CCC4[C@@]3(O)CCC2C1. The summed E-state index contributed by atoms with van der Waals surface area (Å²) in [4.78, 5) is 4.35. The molecule has 1 aromatic carbocycles. The summed E-state index contributed by atoms with van der Waals surface area (Å²) in [6.45, 7) is 6.97. The molecule has 34 heavy (non-hydrogen) atoms.